The number of anilines is 4. The Morgan fingerprint density at radius 3 is 2.62 bits per heavy atom. The number of aryl methyl sites for hydroxylation is 1. The summed E-state index contributed by atoms with van der Waals surface area (Å²) in [5.74, 6) is 0.868. The Morgan fingerprint density at radius 1 is 1.06 bits per heavy atom. The number of nitrogens with one attached hydrogen (secondary N) is 3. The average Bonchev–Trinajstić information content (AvgIpc) is 3.33. The molecular weight excluding hydrogens is 449 g/mol. The molecule has 0 bridgehead atoms. The van der Waals surface area contributed by atoms with Gasteiger partial charge in [0.25, 0.3) is 0 Å². The molecule has 0 unspecified atom stereocenters. The fourth-order valence-electron chi connectivity index (χ4n) is 3.55. The number of H-pyrrole nitrogens is 1. The van der Waals surface area contributed by atoms with Gasteiger partial charge in [-0.3, -0.25) is 14.6 Å². The normalized spacial score (nSPS) is 11.9. The fraction of sp³-hybridized carbons (Fsp3) is 0.150. The first kappa shape index (κ1) is 20.4. The van der Waals surface area contributed by atoms with Gasteiger partial charge in [0.05, 0.1) is 27.6 Å². The summed E-state index contributed by atoms with van der Waals surface area (Å²) in [7, 11) is -0.940. The molecule has 0 aliphatic carbocycles. The molecule has 5 aromatic rings. The highest BCUT2D eigenvalue weighted by Gasteiger charge is 2.22. The predicted octanol–water partition coefficient (Wildman–Crippen LogP) is 4.02. The SMILES string of the molecule is Cn1cc(Nc2nc(Nc3ccc4nccnc4c3P(C)(C)=O)c3cc[nH]c3n2)c(Cl)n1. The van der Waals surface area contributed by atoms with Crippen LogP contribution >= 0.6 is 18.7 Å². The van der Waals surface area contributed by atoms with Gasteiger partial charge >= 0.3 is 0 Å². The second kappa shape index (κ2) is 7.58. The van der Waals surface area contributed by atoms with E-state index in [0.29, 0.717) is 50.3 Å². The molecule has 12 heteroatoms. The molecule has 0 aliphatic heterocycles. The molecule has 0 atom stereocenters. The Morgan fingerprint density at radius 2 is 1.88 bits per heavy atom. The van der Waals surface area contributed by atoms with Gasteiger partial charge < -0.3 is 20.2 Å². The van der Waals surface area contributed by atoms with Crippen LogP contribution in [-0.2, 0) is 11.6 Å². The van der Waals surface area contributed by atoms with Gasteiger partial charge in [-0.05, 0) is 31.5 Å². The fourth-order valence-corrected chi connectivity index (χ4v) is 5.16. The molecule has 5 rings (SSSR count). The molecule has 4 aromatic heterocycles. The Labute approximate surface area is 187 Å². The van der Waals surface area contributed by atoms with Crippen molar-refractivity contribution in [2.75, 3.05) is 24.0 Å². The van der Waals surface area contributed by atoms with Crippen molar-refractivity contribution in [3.63, 3.8) is 0 Å². The summed E-state index contributed by atoms with van der Waals surface area (Å²) < 4.78 is 14.8. The zero-order chi connectivity index (χ0) is 22.5. The third kappa shape index (κ3) is 3.68. The molecule has 0 fully saturated rings. The molecule has 1 aromatic carbocycles. The lowest BCUT2D eigenvalue weighted by Gasteiger charge is -2.17. The number of benzene rings is 1. The van der Waals surface area contributed by atoms with Crippen LogP contribution in [-0.4, -0.2) is 48.0 Å². The maximum Gasteiger partial charge on any atom is 0.231 e. The van der Waals surface area contributed by atoms with Gasteiger partial charge in [0, 0.05) is 31.8 Å². The van der Waals surface area contributed by atoms with Gasteiger partial charge in [-0.25, -0.2) is 0 Å². The molecule has 3 N–H and O–H groups in total. The molecule has 0 spiro atoms. The average molecular weight is 468 g/mol. The molecular formula is C20H19ClN9OP. The molecule has 0 radical (unpaired) electrons. The van der Waals surface area contributed by atoms with E-state index in [2.05, 4.69) is 40.7 Å². The second-order valence-corrected chi connectivity index (χ2v) is 11.1. The highest BCUT2D eigenvalue weighted by Crippen LogP contribution is 2.41. The third-order valence-electron chi connectivity index (χ3n) is 4.85. The lowest BCUT2D eigenvalue weighted by atomic mass is 10.2. The van der Waals surface area contributed by atoms with Crippen molar-refractivity contribution < 1.29 is 4.57 Å². The highest BCUT2D eigenvalue weighted by atomic mass is 35.5. The molecule has 10 nitrogen and oxygen atoms in total. The highest BCUT2D eigenvalue weighted by molar-refractivity contribution is 7.71. The van der Waals surface area contributed by atoms with Crippen molar-refractivity contribution in [2.45, 2.75) is 0 Å². The van der Waals surface area contributed by atoms with Crippen LogP contribution in [0.1, 0.15) is 0 Å². The van der Waals surface area contributed by atoms with Gasteiger partial charge in [-0.1, -0.05) is 11.6 Å². The number of aromatic amines is 1. The summed E-state index contributed by atoms with van der Waals surface area (Å²) in [4.78, 5) is 21.0. The summed E-state index contributed by atoms with van der Waals surface area (Å²) in [6, 6.07) is 5.56. The lowest BCUT2D eigenvalue weighted by Crippen LogP contribution is -2.13. The van der Waals surface area contributed by atoms with Crippen molar-refractivity contribution >= 4 is 69.3 Å². The van der Waals surface area contributed by atoms with E-state index in [9.17, 15) is 4.57 Å². The summed E-state index contributed by atoms with van der Waals surface area (Å²) in [6.45, 7) is 3.43. The number of aromatic nitrogens is 7. The minimum absolute atomic E-state index is 0.311. The quantitative estimate of drug-likeness (QED) is 0.331. The molecule has 0 aliphatic rings. The Kier molecular flexibility index (Phi) is 4.83. The van der Waals surface area contributed by atoms with Crippen molar-refractivity contribution in [3.8, 4) is 0 Å². The smallest absolute Gasteiger partial charge is 0.231 e. The van der Waals surface area contributed by atoms with Crippen LogP contribution in [0, 0.1) is 0 Å². The third-order valence-corrected chi connectivity index (χ3v) is 6.66. The van der Waals surface area contributed by atoms with Crippen molar-refractivity contribution in [2.24, 2.45) is 7.05 Å². The van der Waals surface area contributed by atoms with Crippen LogP contribution in [0.2, 0.25) is 5.15 Å². The summed E-state index contributed by atoms with van der Waals surface area (Å²) in [5.41, 5.74) is 3.14. The number of hydrogen-bond acceptors (Lipinski definition) is 8. The molecule has 0 amide bonds. The lowest BCUT2D eigenvalue weighted by molar-refractivity contribution is 0.588. The summed E-state index contributed by atoms with van der Waals surface area (Å²) in [6.07, 6.45) is 6.73. The van der Waals surface area contributed by atoms with E-state index in [1.807, 2.05) is 18.2 Å². The largest absolute Gasteiger partial charge is 0.346 e. The van der Waals surface area contributed by atoms with Crippen LogP contribution in [0.3, 0.4) is 0 Å². The van der Waals surface area contributed by atoms with Gasteiger partial charge in [0.15, 0.2) is 5.15 Å². The topological polar surface area (TPSA) is 126 Å². The van der Waals surface area contributed by atoms with E-state index >= 15 is 0 Å². The first-order valence-corrected chi connectivity index (χ1v) is 12.6. The van der Waals surface area contributed by atoms with E-state index in [0.717, 1.165) is 5.39 Å². The monoisotopic (exact) mass is 467 g/mol. The maximum absolute atomic E-state index is 13.2. The van der Waals surface area contributed by atoms with Crippen LogP contribution < -0.4 is 15.9 Å². The van der Waals surface area contributed by atoms with E-state index in [1.165, 1.54) is 0 Å². The first-order chi connectivity index (χ1) is 15.3. The summed E-state index contributed by atoms with van der Waals surface area (Å²) in [5, 5.41) is 12.3. The van der Waals surface area contributed by atoms with Gasteiger partial charge in [0.2, 0.25) is 5.95 Å². The first-order valence-electron chi connectivity index (χ1n) is 9.67. The number of fused-ring (bicyclic) bond motifs is 2. The van der Waals surface area contributed by atoms with Crippen LogP contribution in [0.4, 0.5) is 23.1 Å². The Balaban J connectivity index is 1.63. The zero-order valence-electron chi connectivity index (χ0n) is 17.5. The predicted molar refractivity (Wildman–Crippen MR) is 127 cm³/mol. The molecule has 0 saturated heterocycles. The minimum Gasteiger partial charge on any atom is -0.346 e. The standard InChI is InChI=1S/C20H19ClN9OP/c1-30-10-14(17(21)29-30)26-20-27-18-11(6-7-24-18)19(28-20)25-13-5-4-12-15(23-9-8-22-12)16(13)32(2,3)31/h4-10H,1-3H3,(H3,24,25,26,27,28). The maximum atomic E-state index is 13.2. The van der Waals surface area contributed by atoms with E-state index < -0.39 is 7.14 Å². The number of halogens is 1. The number of rotatable bonds is 5. The Hall–Kier alpha value is -3.49. The molecule has 32 heavy (non-hydrogen) atoms. The second-order valence-electron chi connectivity index (χ2n) is 7.63. The zero-order valence-corrected chi connectivity index (χ0v) is 19.1. The Bertz CT molecular complexity index is 1520. The van der Waals surface area contributed by atoms with E-state index in [4.69, 9.17) is 11.6 Å². The molecule has 0 saturated carbocycles. The summed E-state index contributed by atoms with van der Waals surface area (Å²) >= 11 is 6.17. The van der Waals surface area contributed by atoms with E-state index in [1.54, 1.807) is 49.8 Å². The molecule has 4 heterocycles. The van der Waals surface area contributed by atoms with Crippen LogP contribution in [0.25, 0.3) is 22.1 Å². The molecule has 162 valence electrons. The van der Waals surface area contributed by atoms with Gasteiger partial charge in [-0.2, -0.15) is 15.1 Å². The number of nitrogens with zero attached hydrogens (tertiary/aromatic N) is 6. The number of hydrogen-bond donors (Lipinski definition) is 3. The van der Waals surface area contributed by atoms with Crippen LogP contribution in [0.15, 0.2) is 43.0 Å². The van der Waals surface area contributed by atoms with Crippen molar-refractivity contribution in [1.29, 1.82) is 0 Å². The van der Waals surface area contributed by atoms with Crippen molar-refractivity contribution in [1.82, 2.24) is 34.7 Å². The van der Waals surface area contributed by atoms with Gasteiger partial charge in [-0.15, -0.1) is 0 Å². The van der Waals surface area contributed by atoms with E-state index in [-0.39, 0.29) is 0 Å². The van der Waals surface area contributed by atoms with Crippen molar-refractivity contribution in [3.05, 3.63) is 48.1 Å². The van der Waals surface area contributed by atoms with Gasteiger partial charge in [0.1, 0.15) is 24.1 Å². The van der Waals surface area contributed by atoms with Crippen LogP contribution in [0.5, 0.6) is 0 Å². The minimum atomic E-state index is -2.71.